The molecule has 6 nitrogen and oxygen atoms in total. The maximum Gasteiger partial charge on any atom is 0.313 e. The molecular formula is C13H14ClN3O3S. The fourth-order valence-electron chi connectivity index (χ4n) is 1.80. The lowest BCUT2D eigenvalue weighted by Gasteiger charge is -2.11. The van der Waals surface area contributed by atoms with Gasteiger partial charge in [0.25, 0.3) is 0 Å². The number of carboxylic acid groups (broad SMARTS) is 1. The van der Waals surface area contributed by atoms with Gasteiger partial charge in [-0.3, -0.25) is 9.36 Å². The van der Waals surface area contributed by atoms with E-state index in [2.05, 4.69) is 10.2 Å². The second-order valence-electron chi connectivity index (χ2n) is 4.09. The minimum absolute atomic E-state index is 0.0768. The Kier molecular flexibility index (Phi) is 5.08. The predicted molar refractivity (Wildman–Crippen MR) is 80.7 cm³/mol. The van der Waals surface area contributed by atoms with Gasteiger partial charge in [-0.05, 0) is 12.1 Å². The summed E-state index contributed by atoms with van der Waals surface area (Å²) >= 11 is 7.15. The van der Waals surface area contributed by atoms with E-state index in [1.807, 2.05) is 17.6 Å². The minimum Gasteiger partial charge on any atom is -0.495 e. The zero-order valence-electron chi connectivity index (χ0n) is 11.5. The number of ether oxygens (including phenoxy) is 1. The highest BCUT2D eigenvalue weighted by Gasteiger charge is 2.15. The van der Waals surface area contributed by atoms with Gasteiger partial charge < -0.3 is 9.84 Å². The quantitative estimate of drug-likeness (QED) is 0.822. The van der Waals surface area contributed by atoms with Crippen molar-refractivity contribution in [3.63, 3.8) is 0 Å². The number of benzene rings is 1. The van der Waals surface area contributed by atoms with Crippen LogP contribution in [0.1, 0.15) is 12.7 Å². The number of carboxylic acids is 1. The molecule has 8 heteroatoms. The van der Waals surface area contributed by atoms with Crippen molar-refractivity contribution in [3.8, 4) is 11.4 Å². The Labute approximate surface area is 131 Å². The first-order valence-electron chi connectivity index (χ1n) is 6.19. The fraction of sp³-hybridized carbons (Fsp3) is 0.308. The van der Waals surface area contributed by atoms with Crippen LogP contribution in [0.4, 0.5) is 0 Å². The molecule has 0 spiro atoms. The molecule has 21 heavy (non-hydrogen) atoms. The van der Waals surface area contributed by atoms with Gasteiger partial charge in [0.1, 0.15) is 11.6 Å². The van der Waals surface area contributed by atoms with E-state index >= 15 is 0 Å². The summed E-state index contributed by atoms with van der Waals surface area (Å²) in [4.78, 5) is 10.7. The van der Waals surface area contributed by atoms with Gasteiger partial charge in [0.05, 0.1) is 23.6 Å². The summed E-state index contributed by atoms with van der Waals surface area (Å²) < 4.78 is 7.02. The third-order valence-electron chi connectivity index (χ3n) is 2.73. The van der Waals surface area contributed by atoms with Crippen LogP contribution in [-0.2, 0) is 11.2 Å². The standard InChI is InChI=1S/C13H14ClN3O3S/c1-3-11-15-16-13(21-7-12(18)19)17(11)8-4-5-9(14)10(6-8)20-2/h4-6H,3,7H2,1-2H3,(H,18,19). The molecule has 0 bridgehead atoms. The van der Waals surface area contributed by atoms with Gasteiger partial charge in [-0.15, -0.1) is 10.2 Å². The Balaban J connectivity index is 2.45. The molecule has 0 aliphatic heterocycles. The van der Waals surface area contributed by atoms with Crippen molar-refractivity contribution in [2.75, 3.05) is 12.9 Å². The number of hydrogen-bond acceptors (Lipinski definition) is 5. The monoisotopic (exact) mass is 327 g/mol. The highest BCUT2D eigenvalue weighted by atomic mass is 35.5. The molecule has 1 heterocycles. The van der Waals surface area contributed by atoms with Crippen LogP contribution >= 0.6 is 23.4 Å². The van der Waals surface area contributed by atoms with Crippen molar-refractivity contribution in [1.29, 1.82) is 0 Å². The highest BCUT2D eigenvalue weighted by Crippen LogP contribution is 2.29. The van der Waals surface area contributed by atoms with Gasteiger partial charge in [0.2, 0.25) is 0 Å². The second kappa shape index (κ2) is 6.82. The van der Waals surface area contributed by atoms with Crippen molar-refractivity contribution < 1.29 is 14.6 Å². The van der Waals surface area contributed by atoms with Crippen LogP contribution in [-0.4, -0.2) is 38.7 Å². The number of thioether (sulfide) groups is 1. The average molecular weight is 328 g/mol. The van der Waals surface area contributed by atoms with Crippen LogP contribution < -0.4 is 4.74 Å². The first-order chi connectivity index (χ1) is 10.1. The third-order valence-corrected chi connectivity index (χ3v) is 3.96. The summed E-state index contributed by atoms with van der Waals surface area (Å²) in [5.41, 5.74) is 0.783. The number of methoxy groups -OCH3 is 1. The van der Waals surface area contributed by atoms with E-state index in [9.17, 15) is 4.79 Å². The van der Waals surface area contributed by atoms with Crippen LogP contribution in [0, 0.1) is 0 Å². The molecule has 1 N–H and O–H groups in total. The van der Waals surface area contributed by atoms with E-state index in [4.69, 9.17) is 21.4 Å². The van der Waals surface area contributed by atoms with Gasteiger partial charge in [0, 0.05) is 12.5 Å². The third kappa shape index (κ3) is 3.48. The SMILES string of the molecule is CCc1nnc(SCC(=O)O)n1-c1ccc(Cl)c(OC)c1. The molecule has 0 fully saturated rings. The Morgan fingerprint density at radius 3 is 2.86 bits per heavy atom. The van der Waals surface area contributed by atoms with E-state index < -0.39 is 5.97 Å². The smallest absolute Gasteiger partial charge is 0.313 e. The van der Waals surface area contributed by atoms with Gasteiger partial charge in [-0.1, -0.05) is 30.3 Å². The molecule has 0 radical (unpaired) electrons. The Morgan fingerprint density at radius 2 is 2.24 bits per heavy atom. The molecule has 112 valence electrons. The van der Waals surface area contributed by atoms with E-state index in [-0.39, 0.29) is 5.75 Å². The predicted octanol–water partition coefficient (Wildman–Crippen LogP) is 2.67. The Bertz CT molecular complexity index is 660. The summed E-state index contributed by atoms with van der Waals surface area (Å²) in [5, 5.41) is 18.0. The average Bonchev–Trinajstić information content (AvgIpc) is 2.88. The number of rotatable bonds is 6. The number of hydrogen-bond donors (Lipinski definition) is 1. The van der Waals surface area contributed by atoms with E-state index in [0.29, 0.717) is 22.3 Å². The van der Waals surface area contributed by atoms with Crippen molar-refractivity contribution in [2.24, 2.45) is 0 Å². The summed E-state index contributed by atoms with van der Waals surface area (Å²) in [7, 11) is 1.54. The largest absolute Gasteiger partial charge is 0.495 e. The maximum absolute atomic E-state index is 10.7. The number of halogens is 1. The highest BCUT2D eigenvalue weighted by molar-refractivity contribution is 7.99. The molecule has 0 saturated heterocycles. The molecule has 1 aromatic heterocycles. The summed E-state index contributed by atoms with van der Waals surface area (Å²) in [6.45, 7) is 1.96. The van der Waals surface area contributed by atoms with Gasteiger partial charge in [-0.25, -0.2) is 0 Å². The summed E-state index contributed by atoms with van der Waals surface area (Å²) in [6.07, 6.45) is 0.672. The molecule has 0 unspecified atom stereocenters. The first-order valence-corrected chi connectivity index (χ1v) is 7.56. The molecular weight excluding hydrogens is 314 g/mol. The van der Waals surface area contributed by atoms with Crippen LogP contribution in [0.25, 0.3) is 5.69 Å². The van der Waals surface area contributed by atoms with Gasteiger partial charge >= 0.3 is 5.97 Å². The molecule has 1 aromatic carbocycles. The molecule has 0 aliphatic rings. The van der Waals surface area contributed by atoms with Crippen molar-refractivity contribution in [2.45, 2.75) is 18.5 Å². The van der Waals surface area contributed by atoms with E-state index in [1.165, 1.54) is 7.11 Å². The summed E-state index contributed by atoms with van der Waals surface area (Å²) in [6, 6.07) is 5.31. The van der Waals surface area contributed by atoms with Crippen molar-refractivity contribution in [1.82, 2.24) is 14.8 Å². The van der Waals surface area contributed by atoms with Crippen molar-refractivity contribution >= 4 is 29.3 Å². The Hall–Kier alpha value is -1.73. The number of aromatic nitrogens is 3. The zero-order valence-corrected chi connectivity index (χ0v) is 13.1. The van der Waals surface area contributed by atoms with E-state index in [0.717, 1.165) is 23.3 Å². The molecule has 0 atom stereocenters. The van der Waals surface area contributed by atoms with Crippen LogP contribution in [0.5, 0.6) is 5.75 Å². The molecule has 2 aromatic rings. The number of carbonyl (C=O) groups is 1. The van der Waals surface area contributed by atoms with Crippen LogP contribution in [0.2, 0.25) is 5.02 Å². The normalized spacial score (nSPS) is 10.6. The Morgan fingerprint density at radius 1 is 1.48 bits per heavy atom. The van der Waals surface area contributed by atoms with E-state index in [1.54, 1.807) is 12.1 Å². The topological polar surface area (TPSA) is 77.2 Å². The van der Waals surface area contributed by atoms with Crippen LogP contribution in [0.15, 0.2) is 23.4 Å². The molecule has 0 amide bonds. The summed E-state index contributed by atoms with van der Waals surface area (Å²) in [5.74, 6) is 0.305. The molecule has 2 rings (SSSR count). The lowest BCUT2D eigenvalue weighted by atomic mass is 10.3. The van der Waals surface area contributed by atoms with Gasteiger partial charge in [0.15, 0.2) is 5.16 Å². The first kappa shape index (κ1) is 15.7. The lowest BCUT2D eigenvalue weighted by molar-refractivity contribution is -0.133. The fourth-order valence-corrected chi connectivity index (χ4v) is 2.68. The zero-order chi connectivity index (χ0) is 15.4. The van der Waals surface area contributed by atoms with Crippen molar-refractivity contribution in [3.05, 3.63) is 29.0 Å². The number of aliphatic carboxylic acids is 1. The number of nitrogens with zero attached hydrogens (tertiary/aromatic N) is 3. The number of aryl methyl sites for hydroxylation is 1. The second-order valence-corrected chi connectivity index (χ2v) is 5.44. The van der Waals surface area contributed by atoms with Gasteiger partial charge in [-0.2, -0.15) is 0 Å². The molecule has 0 aliphatic carbocycles. The maximum atomic E-state index is 10.7. The minimum atomic E-state index is -0.902. The molecule has 0 saturated carbocycles. The van der Waals surface area contributed by atoms with Crippen LogP contribution in [0.3, 0.4) is 0 Å². The lowest BCUT2D eigenvalue weighted by Crippen LogP contribution is -2.04.